The summed E-state index contributed by atoms with van der Waals surface area (Å²) < 4.78 is 16.6. The number of fused-ring (bicyclic) bond motifs is 3. The fourth-order valence-corrected chi connectivity index (χ4v) is 4.36. The Balaban J connectivity index is 1.47. The third-order valence-corrected chi connectivity index (χ3v) is 6.21. The van der Waals surface area contributed by atoms with Crippen LogP contribution in [0.2, 0.25) is 0 Å². The average Bonchev–Trinajstić information content (AvgIpc) is 3.15. The summed E-state index contributed by atoms with van der Waals surface area (Å²) in [4.78, 5) is 26.1. The molecule has 2 aromatic carbocycles. The molecule has 0 spiro atoms. The van der Waals surface area contributed by atoms with Crippen molar-refractivity contribution in [3.05, 3.63) is 36.4 Å². The van der Waals surface area contributed by atoms with Gasteiger partial charge in [0.05, 0.1) is 38.4 Å². The lowest BCUT2D eigenvalue weighted by atomic mass is 9.96. The van der Waals surface area contributed by atoms with Crippen molar-refractivity contribution < 1.29 is 28.4 Å². The molecular formula is C24H29N2O5+. The standard InChI is InChI=1S/C24H28N2O5/c1-4-30-24(28)16-9-11-26(12-10-16)15(2)23(27)25-19-14-21-18(13-22(19)29-3)17-7-5-6-8-20(17)31-21/h5-8,13-16H,4,9-12H2,1-3H3,(H,25,27)/p+1/t15-/m1/s1. The Morgan fingerprint density at radius 1 is 1.16 bits per heavy atom. The Morgan fingerprint density at radius 3 is 2.61 bits per heavy atom. The molecular weight excluding hydrogens is 396 g/mol. The van der Waals surface area contributed by atoms with E-state index in [4.69, 9.17) is 13.9 Å². The highest BCUT2D eigenvalue weighted by atomic mass is 16.5. The third kappa shape index (κ3) is 4.23. The van der Waals surface area contributed by atoms with Gasteiger partial charge in [-0.1, -0.05) is 18.2 Å². The van der Waals surface area contributed by atoms with Gasteiger partial charge in [0.1, 0.15) is 16.9 Å². The van der Waals surface area contributed by atoms with Crippen LogP contribution in [0.3, 0.4) is 0 Å². The van der Waals surface area contributed by atoms with Gasteiger partial charge in [-0.25, -0.2) is 0 Å². The second kappa shape index (κ2) is 8.98. The number of methoxy groups -OCH3 is 1. The topological polar surface area (TPSA) is 82.2 Å². The Labute approximate surface area is 181 Å². The molecule has 2 heterocycles. The molecule has 0 aliphatic carbocycles. The van der Waals surface area contributed by atoms with Crippen LogP contribution >= 0.6 is 0 Å². The van der Waals surface area contributed by atoms with Gasteiger partial charge in [0.2, 0.25) is 0 Å². The number of carbonyl (C=O) groups excluding carboxylic acids is 2. The molecule has 1 fully saturated rings. The highest BCUT2D eigenvalue weighted by Crippen LogP contribution is 2.36. The summed E-state index contributed by atoms with van der Waals surface area (Å²) in [5, 5.41) is 4.97. The van der Waals surface area contributed by atoms with Crippen molar-refractivity contribution in [3.63, 3.8) is 0 Å². The summed E-state index contributed by atoms with van der Waals surface area (Å²) in [6, 6.07) is 11.3. The molecule has 4 rings (SSSR count). The van der Waals surface area contributed by atoms with Crippen molar-refractivity contribution in [2.24, 2.45) is 5.92 Å². The number of amides is 1. The molecule has 1 aromatic heterocycles. The minimum Gasteiger partial charge on any atom is -0.495 e. The molecule has 31 heavy (non-hydrogen) atoms. The van der Waals surface area contributed by atoms with Crippen molar-refractivity contribution in [1.29, 1.82) is 0 Å². The number of anilines is 1. The van der Waals surface area contributed by atoms with Gasteiger partial charge in [0.15, 0.2) is 6.04 Å². The number of nitrogens with one attached hydrogen (secondary N) is 2. The van der Waals surface area contributed by atoms with Crippen LogP contribution in [0, 0.1) is 5.92 Å². The number of esters is 1. The van der Waals surface area contributed by atoms with E-state index in [1.54, 1.807) is 7.11 Å². The highest BCUT2D eigenvalue weighted by Gasteiger charge is 2.33. The highest BCUT2D eigenvalue weighted by molar-refractivity contribution is 6.08. The third-order valence-electron chi connectivity index (χ3n) is 6.21. The number of hydrogen-bond acceptors (Lipinski definition) is 5. The maximum Gasteiger partial charge on any atom is 0.309 e. The number of furan rings is 1. The lowest BCUT2D eigenvalue weighted by molar-refractivity contribution is -0.919. The van der Waals surface area contributed by atoms with Crippen LogP contribution in [-0.4, -0.2) is 44.7 Å². The van der Waals surface area contributed by atoms with Gasteiger partial charge in [0.25, 0.3) is 5.91 Å². The molecule has 1 atom stereocenters. The molecule has 1 aliphatic heterocycles. The molecule has 1 aliphatic rings. The lowest BCUT2D eigenvalue weighted by Crippen LogP contribution is -3.17. The average molecular weight is 426 g/mol. The second-order valence-corrected chi connectivity index (χ2v) is 8.04. The van der Waals surface area contributed by atoms with E-state index in [-0.39, 0.29) is 23.8 Å². The van der Waals surface area contributed by atoms with Crippen LogP contribution in [0.1, 0.15) is 26.7 Å². The molecule has 7 nitrogen and oxygen atoms in total. The molecule has 0 saturated carbocycles. The zero-order valence-corrected chi connectivity index (χ0v) is 18.2. The summed E-state index contributed by atoms with van der Waals surface area (Å²) >= 11 is 0. The van der Waals surface area contributed by atoms with Crippen molar-refractivity contribution in [2.45, 2.75) is 32.7 Å². The number of ether oxygens (including phenoxy) is 2. The smallest absolute Gasteiger partial charge is 0.309 e. The van der Waals surface area contributed by atoms with Crippen molar-refractivity contribution >= 4 is 39.5 Å². The van der Waals surface area contributed by atoms with Crippen LogP contribution < -0.4 is 15.0 Å². The summed E-state index contributed by atoms with van der Waals surface area (Å²) in [5.41, 5.74) is 2.09. The Bertz CT molecular complexity index is 1100. The monoisotopic (exact) mass is 425 g/mol. The number of para-hydroxylation sites is 1. The van der Waals surface area contributed by atoms with E-state index in [1.807, 2.05) is 50.2 Å². The SMILES string of the molecule is CCOC(=O)C1CC[NH+]([C@H](C)C(=O)Nc2cc3oc4ccccc4c3cc2OC)CC1. The fraction of sp³-hybridized carbons (Fsp3) is 0.417. The first-order valence-corrected chi connectivity index (χ1v) is 10.8. The van der Waals surface area contributed by atoms with E-state index in [0.29, 0.717) is 23.6 Å². The zero-order valence-electron chi connectivity index (χ0n) is 18.2. The van der Waals surface area contributed by atoms with Gasteiger partial charge in [-0.15, -0.1) is 0 Å². The minimum absolute atomic E-state index is 0.0606. The fourth-order valence-electron chi connectivity index (χ4n) is 4.36. The van der Waals surface area contributed by atoms with Gasteiger partial charge in [0, 0.05) is 29.7 Å². The molecule has 1 amide bonds. The molecule has 0 radical (unpaired) electrons. The van der Waals surface area contributed by atoms with Crippen LogP contribution in [0.5, 0.6) is 5.75 Å². The molecule has 3 aromatic rings. The van der Waals surface area contributed by atoms with Crippen LogP contribution in [0.15, 0.2) is 40.8 Å². The van der Waals surface area contributed by atoms with Crippen molar-refractivity contribution in [3.8, 4) is 5.75 Å². The predicted octanol–water partition coefficient (Wildman–Crippen LogP) is 2.78. The maximum atomic E-state index is 13.0. The predicted molar refractivity (Wildman–Crippen MR) is 118 cm³/mol. The second-order valence-electron chi connectivity index (χ2n) is 8.04. The zero-order chi connectivity index (χ0) is 22.0. The Kier molecular flexibility index (Phi) is 6.13. The molecule has 2 N–H and O–H groups in total. The van der Waals surface area contributed by atoms with Gasteiger partial charge in [-0.2, -0.15) is 0 Å². The van der Waals surface area contributed by atoms with Crippen LogP contribution in [0.4, 0.5) is 5.69 Å². The molecule has 7 heteroatoms. The van der Waals surface area contributed by atoms with Gasteiger partial charge < -0.3 is 24.1 Å². The van der Waals surface area contributed by atoms with Crippen LogP contribution in [0.25, 0.3) is 21.9 Å². The molecule has 1 saturated heterocycles. The number of rotatable bonds is 6. The maximum absolute atomic E-state index is 13.0. The van der Waals surface area contributed by atoms with Crippen molar-refractivity contribution in [2.75, 3.05) is 32.1 Å². The van der Waals surface area contributed by atoms with E-state index >= 15 is 0 Å². The Hall–Kier alpha value is -3.06. The first kappa shape index (κ1) is 21.2. The molecule has 0 bridgehead atoms. The van der Waals surface area contributed by atoms with Gasteiger partial charge >= 0.3 is 5.97 Å². The number of benzene rings is 2. The minimum atomic E-state index is -0.251. The number of piperidine rings is 1. The quantitative estimate of drug-likeness (QED) is 0.594. The number of hydrogen-bond donors (Lipinski definition) is 2. The first-order valence-electron chi connectivity index (χ1n) is 10.8. The van der Waals surface area contributed by atoms with E-state index in [0.717, 1.165) is 42.3 Å². The van der Waals surface area contributed by atoms with E-state index < -0.39 is 0 Å². The van der Waals surface area contributed by atoms with Gasteiger partial charge in [-0.3, -0.25) is 9.59 Å². The van der Waals surface area contributed by atoms with E-state index in [9.17, 15) is 9.59 Å². The normalized spacial score (nSPS) is 19.8. The van der Waals surface area contributed by atoms with Crippen LogP contribution in [-0.2, 0) is 14.3 Å². The summed E-state index contributed by atoms with van der Waals surface area (Å²) in [6.07, 6.45) is 1.47. The molecule has 0 unspecified atom stereocenters. The summed E-state index contributed by atoms with van der Waals surface area (Å²) in [7, 11) is 1.59. The first-order chi connectivity index (χ1) is 15.0. The van der Waals surface area contributed by atoms with Gasteiger partial charge in [-0.05, 0) is 26.0 Å². The molecule has 164 valence electrons. The number of likely N-dealkylation sites (tertiary alicyclic amines) is 1. The largest absolute Gasteiger partial charge is 0.495 e. The van der Waals surface area contributed by atoms with E-state index in [2.05, 4.69) is 5.32 Å². The number of quaternary nitrogens is 1. The van der Waals surface area contributed by atoms with Crippen molar-refractivity contribution in [1.82, 2.24) is 0 Å². The lowest BCUT2D eigenvalue weighted by Gasteiger charge is -2.31. The Morgan fingerprint density at radius 2 is 1.90 bits per heavy atom. The summed E-state index contributed by atoms with van der Waals surface area (Å²) in [5.74, 6) is 0.325. The number of carbonyl (C=O) groups is 2. The summed E-state index contributed by atoms with van der Waals surface area (Å²) in [6.45, 7) is 5.67. The van der Waals surface area contributed by atoms with E-state index in [1.165, 1.54) is 4.90 Å².